The maximum absolute atomic E-state index is 5.77. The van der Waals surface area contributed by atoms with Crippen LogP contribution in [0.25, 0.3) is 16.9 Å². The van der Waals surface area contributed by atoms with Crippen LogP contribution >= 0.6 is 0 Å². The fourth-order valence-corrected chi connectivity index (χ4v) is 1.91. The first-order chi connectivity index (χ1) is 9.24. The van der Waals surface area contributed by atoms with Gasteiger partial charge in [0, 0.05) is 11.8 Å². The molecule has 2 aromatic heterocycles. The quantitative estimate of drug-likeness (QED) is 0.760. The Hall–Kier alpha value is -2.62. The Morgan fingerprint density at radius 2 is 1.79 bits per heavy atom. The lowest BCUT2D eigenvalue weighted by molar-refractivity contribution is 0.842. The van der Waals surface area contributed by atoms with Crippen molar-refractivity contribution in [2.75, 3.05) is 5.73 Å². The largest absolute Gasteiger partial charge is 0.397 e. The second-order valence-corrected chi connectivity index (χ2v) is 4.38. The number of aromatic nitrogens is 3. The number of hydrogen-bond donors (Lipinski definition) is 1. The first-order valence-corrected chi connectivity index (χ1v) is 6.07. The van der Waals surface area contributed by atoms with Gasteiger partial charge >= 0.3 is 0 Å². The van der Waals surface area contributed by atoms with Crippen molar-refractivity contribution in [2.45, 2.75) is 6.92 Å². The van der Waals surface area contributed by atoms with Crippen molar-refractivity contribution in [3.63, 3.8) is 0 Å². The van der Waals surface area contributed by atoms with E-state index in [0.29, 0.717) is 5.69 Å². The van der Waals surface area contributed by atoms with Gasteiger partial charge in [-0.2, -0.15) is 5.10 Å². The summed E-state index contributed by atoms with van der Waals surface area (Å²) in [7, 11) is 0. The Morgan fingerprint density at radius 1 is 1.00 bits per heavy atom. The Labute approximate surface area is 111 Å². The van der Waals surface area contributed by atoms with Crippen LogP contribution in [-0.2, 0) is 0 Å². The molecule has 2 heterocycles. The number of anilines is 1. The number of nitrogens with two attached hydrogens (primary N) is 1. The van der Waals surface area contributed by atoms with Crippen LogP contribution in [0.4, 0.5) is 5.69 Å². The number of benzene rings is 1. The van der Waals surface area contributed by atoms with Crippen LogP contribution in [0.3, 0.4) is 0 Å². The molecule has 0 radical (unpaired) electrons. The van der Waals surface area contributed by atoms with Gasteiger partial charge in [-0.3, -0.25) is 0 Å². The van der Waals surface area contributed by atoms with Gasteiger partial charge in [0.25, 0.3) is 0 Å². The first kappa shape index (κ1) is 11.5. The van der Waals surface area contributed by atoms with Gasteiger partial charge in [-0.15, -0.1) is 0 Å². The summed E-state index contributed by atoms with van der Waals surface area (Å²) in [6.07, 6.45) is 3.80. The number of hydrogen-bond acceptors (Lipinski definition) is 3. The van der Waals surface area contributed by atoms with E-state index >= 15 is 0 Å². The highest BCUT2D eigenvalue weighted by Gasteiger charge is 2.05. The number of rotatable bonds is 2. The molecule has 0 aliphatic rings. The van der Waals surface area contributed by atoms with Gasteiger partial charge < -0.3 is 5.73 Å². The summed E-state index contributed by atoms with van der Waals surface area (Å²) in [6.45, 7) is 1.89. The summed E-state index contributed by atoms with van der Waals surface area (Å²) >= 11 is 0. The van der Waals surface area contributed by atoms with Crippen molar-refractivity contribution in [3.8, 4) is 16.9 Å². The van der Waals surface area contributed by atoms with Crippen LogP contribution in [0.5, 0.6) is 0 Å². The summed E-state index contributed by atoms with van der Waals surface area (Å²) in [4.78, 5) is 4.43. The van der Waals surface area contributed by atoms with Crippen molar-refractivity contribution < 1.29 is 0 Å². The molecule has 0 saturated carbocycles. The molecule has 2 N–H and O–H groups in total. The van der Waals surface area contributed by atoms with E-state index in [2.05, 4.69) is 22.2 Å². The van der Waals surface area contributed by atoms with Crippen LogP contribution in [-0.4, -0.2) is 14.8 Å². The third kappa shape index (κ3) is 2.20. The molecule has 94 valence electrons. The fourth-order valence-electron chi connectivity index (χ4n) is 1.91. The predicted octanol–water partition coefficient (Wildman–Crippen LogP) is 2.82. The monoisotopic (exact) mass is 250 g/mol. The molecule has 0 aliphatic heterocycles. The highest BCUT2D eigenvalue weighted by molar-refractivity contribution is 5.61. The van der Waals surface area contributed by atoms with Crippen molar-refractivity contribution in [1.29, 1.82) is 0 Å². The summed E-state index contributed by atoms with van der Waals surface area (Å²) in [6, 6.07) is 13.9. The number of nitrogens with zero attached hydrogens (tertiary/aromatic N) is 3. The van der Waals surface area contributed by atoms with Crippen LogP contribution < -0.4 is 5.73 Å². The zero-order valence-electron chi connectivity index (χ0n) is 10.6. The molecule has 1 aromatic carbocycles. The molecule has 0 amide bonds. The minimum Gasteiger partial charge on any atom is -0.397 e. The lowest BCUT2D eigenvalue weighted by atomic mass is 10.1. The van der Waals surface area contributed by atoms with E-state index in [1.165, 1.54) is 0 Å². The number of nitrogen functional groups attached to an aromatic ring is 1. The van der Waals surface area contributed by atoms with E-state index < -0.39 is 0 Å². The molecule has 0 spiro atoms. The van der Waals surface area contributed by atoms with E-state index in [1.807, 2.05) is 49.6 Å². The molecule has 3 rings (SSSR count). The van der Waals surface area contributed by atoms with Crippen LogP contribution in [0.2, 0.25) is 0 Å². The number of pyridine rings is 1. The molecule has 0 bridgehead atoms. The fraction of sp³-hybridized carbons (Fsp3) is 0.0667. The van der Waals surface area contributed by atoms with E-state index in [9.17, 15) is 0 Å². The average molecular weight is 250 g/mol. The Morgan fingerprint density at radius 3 is 2.53 bits per heavy atom. The van der Waals surface area contributed by atoms with Crippen LogP contribution in [0.1, 0.15) is 5.69 Å². The number of aryl methyl sites for hydroxylation is 1. The van der Waals surface area contributed by atoms with Gasteiger partial charge in [-0.25, -0.2) is 9.67 Å². The van der Waals surface area contributed by atoms with Crippen molar-refractivity contribution in [1.82, 2.24) is 14.8 Å². The summed E-state index contributed by atoms with van der Waals surface area (Å²) in [5, 5.41) is 4.35. The predicted molar refractivity (Wildman–Crippen MR) is 75.9 cm³/mol. The molecule has 4 nitrogen and oxygen atoms in total. The van der Waals surface area contributed by atoms with Crippen LogP contribution in [0.15, 0.2) is 54.9 Å². The molecule has 0 unspecified atom stereocenters. The van der Waals surface area contributed by atoms with E-state index in [1.54, 1.807) is 4.68 Å². The van der Waals surface area contributed by atoms with Gasteiger partial charge in [-0.1, -0.05) is 30.3 Å². The van der Waals surface area contributed by atoms with Crippen molar-refractivity contribution in [2.24, 2.45) is 0 Å². The minimum atomic E-state index is 0.694. The SMILES string of the molecule is Cc1nc(-n2cc(-c3ccccc3)cn2)ccc1N. The van der Waals surface area contributed by atoms with E-state index in [4.69, 9.17) is 5.73 Å². The van der Waals surface area contributed by atoms with Gasteiger partial charge in [-0.05, 0) is 24.6 Å². The summed E-state index contributed by atoms with van der Waals surface area (Å²) in [5.41, 5.74) is 9.49. The molecular weight excluding hydrogens is 236 g/mol. The first-order valence-electron chi connectivity index (χ1n) is 6.07. The highest BCUT2D eigenvalue weighted by atomic mass is 15.3. The van der Waals surface area contributed by atoms with Gasteiger partial charge in [0.05, 0.1) is 17.6 Å². The smallest absolute Gasteiger partial charge is 0.153 e. The third-order valence-electron chi connectivity index (χ3n) is 3.04. The Bertz CT molecular complexity index is 701. The minimum absolute atomic E-state index is 0.694. The van der Waals surface area contributed by atoms with Gasteiger partial charge in [0.1, 0.15) is 0 Å². The third-order valence-corrected chi connectivity index (χ3v) is 3.04. The molecule has 0 saturated heterocycles. The van der Waals surface area contributed by atoms with Crippen molar-refractivity contribution >= 4 is 5.69 Å². The normalized spacial score (nSPS) is 10.6. The second kappa shape index (κ2) is 4.57. The zero-order chi connectivity index (χ0) is 13.2. The lowest BCUT2D eigenvalue weighted by Crippen LogP contribution is -2.01. The summed E-state index contributed by atoms with van der Waals surface area (Å²) in [5.74, 6) is 0.772. The Kier molecular flexibility index (Phi) is 2.76. The topological polar surface area (TPSA) is 56.7 Å². The van der Waals surface area contributed by atoms with E-state index in [0.717, 1.165) is 22.6 Å². The standard InChI is InChI=1S/C15H14N4/c1-11-14(16)7-8-15(18-11)19-10-13(9-17-19)12-5-3-2-4-6-12/h2-10H,16H2,1H3. The van der Waals surface area contributed by atoms with E-state index in [-0.39, 0.29) is 0 Å². The van der Waals surface area contributed by atoms with Crippen LogP contribution in [0, 0.1) is 6.92 Å². The molecular formula is C15H14N4. The van der Waals surface area contributed by atoms with Gasteiger partial charge in [0.2, 0.25) is 0 Å². The molecule has 0 aliphatic carbocycles. The molecule has 4 heteroatoms. The van der Waals surface area contributed by atoms with Gasteiger partial charge in [0.15, 0.2) is 5.82 Å². The lowest BCUT2D eigenvalue weighted by Gasteiger charge is -2.03. The summed E-state index contributed by atoms with van der Waals surface area (Å²) < 4.78 is 1.76. The maximum Gasteiger partial charge on any atom is 0.153 e. The molecule has 3 aromatic rings. The van der Waals surface area contributed by atoms with Crippen molar-refractivity contribution in [3.05, 3.63) is 60.6 Å². The Balaban J connectivity index is 1.99. The molecule has 19 heavy (non-hydrogen) atoms. The zero-order valence-corrected chi connectivity index (χ0v) is 10.6. The maximum atomic E-state index is 5.77. The second-order valence-electron chi connectivity index (χ2n) is 4.38. The molecule has 0 atom stereocenters. The highest BCUT2D eigenvalue weighted by Crippen LogP contribution is 2.19. The average Bonchev–Trinajstić information content (AvgIpc) is 2.93. The molecule has 0 fully saturated rings.